The molecule has 0 radical (unpaired) electrons. The summed E-state index contributed by atoms with van der Waals surface area (Å²) < 4.78 is 11.7. The molecule has 0 aliphatic heterocycles. The number of carbonyl (C=O) groups is 3. The highest BCUT2D eigenvalue weighted by Gasteiger charge is 2.15. The lowest BCUT2D eigenvalue weighted by atomic mass is 10.2. The van der Waals surface area contributed by atoms with Crippen LogP contribution in [0, 0.1) is 3.57 Å². The molecule has 3 N–H and O–H groups in total. The number of amides is 3. The molecule has 0 aliphatic carbocycles. The predicted molar refractivity (Wildman–Crippen MR) is 135 cm³/mol. The van der Waals surface area contributed by atoms with E-state index in [0.717, 1.165) is 0 Å². The van der Waals surface area contributed by atoms with Crippen LogP contribution in [-0.2, 0) is 14.4 Å². The molecule has 0 heterocycles. The molecule has 3 amide bonds. The fourth-order valence-corrected chi connectivity index (χ4v) is 3.34. The lowest BCUT2D eigenvalue weighted by Gasteiger charge is -2.13. The number of methoxy groups -OCH3 is 1. The minimum atomic E-state index is -0.861. The highest BCUT2D eigenvalue weighted by Crippen LogP contribution is 2.33. The SMILES string of the molecule is CC[C@H](C)NC(=O)C(=O)N/N=C\c1cc(I)c(OCC(=O)Nc2ccc(Cl)cc2)c(OC)c1. The van der Waals surface area contributed by atoms with Gasteiger partial charge in [0.1, 0.15) is 0 Å². The van der Waals surface area contributed by atoms with Gasteiger partial charge in [-0.05, 0) is 77.9 Å². The van der Waals surface area contributed by atoms with Gasteiger partial charge in [0.25, 0.3) is 5.91 Å². The number of nitrogens with zero attached hydrogens (tertiary/aromatic N) is 1. The van der Waals surface area contributed by atoms with Crippen LogP contribution in [0.2, 0.25) is 5.02 Å². The van der Waals surface area contributed by atoms with Gasteiger partial charge < -0.3 is 20.1 Å². The third-order valence-electron chi connectivity index (χ3n) is 4.30. The van der Waals surface area contributed by atoms with Crippen molar-refractivity contribution in [1.82, 2.24) is 10.7 Å². The van der Waals surface area contributed by atoms with Crippen molar-refractivity contribution in [3.05, 3.63) is 50.6 Å². The van der Waals surface area contributed by atoms with Gasteiger partial charge in [-0.3, -0.25) is 14.4 Å². The van der Waals surface area contributed by atoms with E-state index < -0.39 is 11.8 Å². The Labute approximate surface area is 210 Å². The maximum absolute atomic E-state index is 12.2. The van der Waals surface area contributed by atoms with Crippen LogP contribution in [0.5, 0.6) is 11.5 Å². The van der Waals surface area contributed by atoms with Crippen LogP contribution in [0.25, 0.3) is 0 Å². The summed E-state index contributed by atoms with van der Waals surface area (Å²) in [5.41, 5.74) is 3.37. The Morgan fingerprint density at radius 2 is 1.88 bits per heavy atom. The molecule has 2 rings (SSSR count). The van der Waals surface area contributed by atoms with Gasteiger partial charge in [0.2, 0.25) is 0 Å². The van der Waals surface area contributed by atoms with Crippen LogP contribution in [0.3, 0.4) is 0 Å². The molecular formula is C22H24ClIN4O5. The number of hydrogen-bond acceptors (Lipinski definition) is 6. The molecule has 0 spiro atoms. The van der Waals surface area contributed by atoms with E-state index in [0.29, 0.717) is 37.8 Å². The zero-order valence-electron chi connectivity index (χ0n) is 18.3. The smallest absolute Gasteiger partial charge is 0.329 e. The van der Waals surface area contributed by atoms with E-state index in [-0.39, 0.29) is 18.6 Å². The molecule has 176 valence electrons. The van der Waals surface area contributed by atoms with Crippen LogP contribution in [0.15, 0.2) is 41.5 Å². The van der Waals surface area contributed by atoms with Gasteiger partial charge in [-0.2, -0.15) is 5.10 Å². The first-order valence-corrected chi connectivity index (χ1v) is 11.4. The van der Waals surface area contributed by atoms with E-state index >= 15 is 0 Å². The van der Waals surface area contributed by atoms with Gasteiger partial charge in [-0.1, -0.05) is 18.5 Å². The highest BCUT2D eigenvalue weighted by atomic mass is 127. The Morgan fingerprint density at radius 1 is 1.18 bits per heavy atom. The molecule has 0 aromatic heterocycles. The first-order chi connectivity index (χ1) is 15.7. The molecule has 1 atom stereocenters. The molecule has 0 aliphatic rings. The predicted octanol–water partition coefficient (Wildman–Crippen LogP) is 3.34. The molecule has 2 aromatic rings. The van der Waals surface area contributed by atoms with Crippen LogP contribution >= 0.6 is 34.2 Å². The Balaban J connectivity index is 1.98. The Bertz CT molecular complexity index is 1030. The second-order valence-corrected chi connectivity index (χ2v) is 8.46. The van der Waals surface area contributed by atoms with Gasteiger partial charge in [0.15, 0.2) is 18.1 Å². The topological polar surface area (TPSA) is 118 Å². The molecule has 33 heavy (non-hydrogen) atoms. The summed E-state index contributed by atoms with van der Waals surface area (Å²) in [5.74, 6) is -1.20. The average Bonchev–Trinajstić information content (AvgIpc) is 2.79. The molecular weight excluding hydrogens is 563 g/mol. The number of hydrazone groups is 1. The van der Waals surface area contributed by atoms with Gasteiger partial charge in [0.05, 0.1) is 16.9 Å². The van der Waals surface area contributed by atoms with Crippen LogP contribution in [0.1, 0.15) is 25.8 Å². The Kier molecular flexibility index (Phi) is 10.4. The second kappa shape index (κ2) is 13.0. The van der Waals surface area contributed by atoms with E-state index in [9.17, 15) is 14.4 Å². The molecule has 0 saturated heterocycles. The zero-order valence-corrected chi connectivity index (χ0v) is 21.2. The van der Waals surface area contributed by atoms with Crippen molar-refractivity contribution in [2.75, 3.05) is 19.0 Å². The molecule has 0 unspecified atom stereocenters. The van der Waals surface area contributed by atoms with Crippen LogP contribution in [-0.4, -0.2) is 43.7 Å². The fourth-order valence-electron chi connectivity index (χ4n) is 2.43. The quantitative estimate of drug-likeness (QED) is 0.180. The van der Waals surface area contributed by atoms with Crippen molar-refractivity contribution in [2.45, 2.75) is 26.3 Å². The summed E-state index contributed by atoms with van der Waals surface area (Å²) in [6.07, 6.45) is 2.08. The summed E-state index contributed by atoms with van der Waals surface area (Å²) >= 11 is 7.88. The fraction of sp³-hybridized carbons (Fsp3) is 0.273. The van der Waals surface area contributed by atoms with Gasteiger partial charge in [-0.25, -0.2) is 5.43 Å². The summed E-state index contributed by atoms with van der Waals surface area (Å²) in [5, 5.41) is 9.64. The van der Waals surface area contributed by atoms with Gasteiger partial charge in [-0.15, -0.1) is 0 Å². The Morgan fingerprint density at radius 3 is 2.52 bits per heavy atom. The van der Waals surface area contributed by atoms with Gasteiger partial charge in [0, 0.05) is 16.8 Å². The van der Waals surface area contributed by atoms with Crippen LogP contribution in [0.4, 0.5) is 5.69 Å². The van der Waals surface area contributed by atoms with E-state index in [1.165, 1.54) is 13.3 Å². The number of rotatable bonds is 9. The largest absolute Gasteiger partial charge is 0.493 e. The standard InChI is InChI=1S/C22H24ClIN4O5/c1-4-13(2)26-21(30)22(31)28-25-11-14-9-17(24)20(18(10-14)32-3)33-12-19(29)27-16-7-5-15(23)6-8-16/h5-11,13H,4,12H2,1-3H3,(H,26,30)(H,27,29)(H,28,31)/b25-11-/t13-/m0/s1. The highest BCUT2D eigenvalue weighted by molar-refractivity contribution is 14.1. The van der Waals surface area contributed by atoms with Crippen molar-refractivity contribution in [3.63, 3.8) is 0 Å². The molecule has 9 nitrogen and oxygen atoms in total. The Hall–Kier alpha value is -2.86. The normalized spacial score (nSPS) is 11.5. The molecule has 2 aromatic carbocycles. The molecule has 0 bridgehead atoms. The molecule has 11 heteroatoms. The minimum Gasteiger partial charge on any atom is -0.493 e. The molecule has 0 fully saturated rings. The van der Waals surface area contributed by atoms with Crippen molar-refractivity contribution in [2.24, 2.45) is 5.10 Å². The number of benzene rings is 2. The van der Waals surface area contributed by atoms with E-state index in [1.54, 1.807) is 43.3 Å². The van der Waals surface area contributed by atoms with E-state index in [4.69, 9.17) is 21.1 Å². The maximum Gasteiger partial charge on any atom is 0.329 e. The third kappa shape index (κ3) is 8.54. The number of ether oxygens (including phenoxy) is 2. The van der Waals surface area contributed by atoms with Gasteiger partial charge >= 0.3 is 11.8 Å². The second-order valence-electron chi connectivity index (χ2n) is 6.86. The lowest BCUT2D eigenvalue weighted by molar-refractivity contribution is -0.139. The average molecular weight is 587 g/mol. The first kappa shape index (κ1) is 26.4. The number of anilines is 1. The number of nitrogens with one attached hydrogen (secondary N) is 3. The monoisotopic (exact) mass is 586 g/mol. The lowest BCUT2D eigenvalue weighted by Crippen LogP contribution is -2.41. The van der Waals surface area contributed by atoms with E-state index in [2.05, 4.69) is 21.2 Å². The summed E-state index contributed by atoms with van der Waals surface area (Å²) in [7, 11) is 1.47. The number of halogens is 2. The number of carbonyl (C=O) groups excluding carboxylic acids is 3. The van der Waals surface area contributed by atoms with Crippen molar-refractivity contribution in [1.29, 1.82) is 0 Å². The first-order valence-electron chi connectivity index (χ1n) is 9.93. The molecule has 0 saturated carbocycles. The van der Waals surface area contributed by atoms with Crippen molar-refractivity contribution in [3.8, 4) is 11.5 Å². The minimum absolute atomic E-state index is 0.112. The summed E-state index contributed by atoms with van der Waals surface area (Å²) in [6.45, 7) is 3.47. The van der Waals surface area contributed by atoms with Crippen molar-refractivity contribution >= 4 is 63.8 Å². The maximum atomic E-state index is 12.2. The van der Waals surface area contributed by atoms with E-state index in [1.807, 2.05) is 29.5 Å². The number of hydrogen-bond donors (Lipinski definition) is 3. The zero-order chi connectivity index (χ0) is 24.4. The summed E-state index contributed by atoms with van der Waals surface area (Å²) in [6, 6.07) is 9.96. The summed E-state index contributed by atoms with van der Waals surface area (Å²) in [4.78, 5) is 35.7. The van der Waals surface area contributed by atoms with Crippen molar-refractivity contribution < 1.29 is 23.9 Å². The third-order valence-corrected chi connectivity index (χ3v) is 5.36. The van der Waals surface area contributed by atoms with Crippen LogP contribution < -0.4 is 25.5 Å².